The quantitative estimate of drug-likeness (QED) is 0.797. The van der Waals surface area contributed by atoms with Crippen molar-refractivity contribution in [2.75, 3.05) is 26.2 Å². The van der Waals surface area contributed by atoms with E-state index < -0.39 is 0 Å². The van der Waals surface area contributed by atoms with Crippen molar-refractivity contribution < 1.29 is 4.74 Å². The zero-order chi connectivity index (χ0) is 14.9. The fourth-order valence-electron chi connectivity index (χ4n) is 3.11. The van der Waals surface area contributed by atoms with Crippen molar-refractivity contribution in [3.8, 4) is 11.8 Å². The second-order valence-corrected chi connectivity index (χ2v) is 5.88. The van der Waals surface area contributed by atoms with Gasteiger partial charge in [0.15, 0.2) is 0 Å². The summed E-state index contributed by atoms with van der Waals surface area (Å²) in [5.74, 6) is 1.62. The highest BCUT2D eigenvalue weighted by Crippen LogP contribution is 2.22. The Bertz CT molecular complexity index is 467. The lowest BCUT2D eigenvalue weighted by Gasteiger charge is -2.20. The maximum Gasteiger partial charge on any atom is 0.137 e. The number of rotatable bonds is 6. The molecule has 21 heavy (non-hydrogen) atoms. The Kier molecular flexibility index (Phi) is 6.56. The Balaban J connectivity index is 1.75. The predicted octanol–water partition coefficient (Wildman–Crippen LogP) is 3.84. The molecule has 0 aliphatic carbocycles. The second kappa shape index (κ2) is 8.69. The van der Waals surface area contributed by atoms with E-state index >= 15 is 0 Å². The van der Waals surface area contributed by atoms with Gasteiger partial charge in [0.2, 0.25) is 0 Å². The van der Waals surface area contributed by atoms with Crippen molar-refractivity contribution in [1.82, 2.24) is 4.90 Å². The summed E-state index contributed by atoms with van der Waals surface area (Å²) in [4.78, 5) is 2.50. The summed E-state index contributed by atoms with van der Waals surface area (Å²) in [6.07, 6.45) is 6.68. The molecule has 0 N–H and O–H groups in total. The van der Waals surface area contributed by atoms with E-state index in [9.17, 15) is 0 Å². The minimum absolute atomic E-state index is 0.622. The van der Waals surface area contributed by atoms with E-state index in [0.29, 0.717) is 17.9 Å². The summed E-state index contributed by atoms with van der Waals surface area (Å²) in [6.45, 7) is 6.27. The van der Waals surface area contributed by atoms with Crippen LogP contribution >= 0.6 is 0 Å². The van der Waals surface area contributed by atoms with Crippen LogP contribution < -0.4 is 4.74 Å². The van der Waals surface area contributed by atoms with E-state index in [2.05, 4.69) is 17.9 Å². The first kappa shape index (κ1) is 15.9. The van der Waals surface area contributed by atoms with Gasteiger partial charge in [-0.15, -0.1) is 0 Å². The Morgan fingerprint density at radius 1 is 1.29 bits per heavy atom. The smallest absolute Gasteiger partial charge is 0.137 e. The monoisotopic (exact) mass is 286 g/mol. The molecule has 1 aromatic carbocycles. The average molecular weight is 286 g/mol. The molecule has 114 valence electrons. The highest BCUT2D eigenvalue weighted by molar-refractivity contribution is 5.42. The summed E-state index contributed by atoms with van der Waals surface area (Å²) in [7, 11) is 0. The number of ether oxygens (including phenoxy) is 1. The Labute approximate surface area is 128 Å². The third-order valence-electron chi connectivity index (χ3n) is 4.31. The topological polar surface area (TPSA) is 36.3 Å². The van der Waals surface area contributed by atoms with Gasteiger partial charge in [-0.25, -0.2) is 0 Å². The molecule has 0 amide bonds. The van der Waals surface area contributed by atoms with Gasteiger partial charge in [-0.2, -0.15) is 5.26 Å². The highest BCUT2D eigenvalue weighted by Gasteiger charge is 2.16. The number of hydrogen-bond donors (Lipinski definition) is 0. The molecule has 1 aliphatic rings. The average Bonchev–Trinajstić information content (AvgIpc) is 2.74. The molecule has 0 saturated carbocycles. The van der Waals surface area contributed by atoms with E-state index in [4.69, 9.17) is 10.00 Å². The van der Waals surface area contributed by atoms with E-state index in [1.54, 1.807) is 6.07 Å². The standard InChI is InChI=1S/C18H26N2O/c1-2-6-16-7-5-11-20(12-10-16)13-14-21-18-9-4-3-8-17(18)15-19/h3-4,8-9,16H,2,5-7,10-14H2,1H3. The summed E-state index contributed by atoms with van der Waals surface area (Å²) < 4.78 is 5.78. The van der Waals surface area contributed by atoms with Crippen LogP contribution in [0.4, 0.5) is 0 Å². The van der Waals surface area contributed by atoms with Crippen LogP contribution in [-0.4, -0.2) is 31.1 Å². The lowest BCUT2D eigenvalue weighted by molar-refractivity contribution is 0.211. The number of nitrogens with zero attached hydrogens (tertiary/aromatic N) is 2. The summed E-state index contributed by atoms with van der Waals surface area (Å²) in [6, 6.07) is 9.63. The lowest BCUT2D eigenvalue weighted by atomic mass is 9.96. The number of likely N-dealkylation sites (tertiary alicyclic amines) is 1. The van der Waals surface area contributed by atoms with Crippen LogP contribution in [0.3, 0.4) is 0 Å². The first-order valence-electron chi connectivity index (χ1n) is 8.17. The number of para-hydroxylation sites is 1. The first-order valence-corrected chi connectivity index (χ1v) is 8.17. The van der Waals surface area contributed by atoms with Crippen LogP contribution in [0.5, 0.6) is 5.75 Å². The lowest BCUT2D eigenvalue weighted by Crippen LogP contribution is -2.29. The van der Waals surface area contributed by atoms with Crippen LogP contribution in [0.15, 0.2) is 24.3 Å². The number of benzene rings is 1. The molecule has 0 spiro atoms. The van der Waals surface area contributed by atoms with Crippen molar-refractivity contribution in [3.05, 3.63) is 29.8 Å². The highest BCUT2D eigenvalue weighted by atomic mass is 16.5. The molecule has 0 radical (unpaired) electrons. The Morgan fingerprint density at radius 3 is 2.95 bits per heavy atom. The van der Waals surface area contributed by atoms with Gasteiger partial charge in [-0.3, -0.25) is 4.90 Å². The van der Waals surface area contributed by atoms with Crippen LogP contribution in [0.1, 0.15) is 44.6 Å². The van der Waals surface area contributed by atoms with Gasteiger partial charge in [-0.1, -0.05) is 31.9 Å². The molecule has 3 nitrogen and oxygen atoms in total. The van der Waals surface area contributed by atoms with Crippen molar-refractivity contribution in [2.24, 2.45) is 5.92 Å². The fourth-order valence-corrected chi connectivity index (χ4v) is 3.11. The van der Waals surface area contributed by atoms with E-state index in [1.807, 2.05) is 18.2 Å². The van der Waals surface area contributed by atoms with Crippen molar-refractivity contribution in [3.63, 3.8) is 0 Å². The molecule has 0 bridgehead atoms. The van der Waals surface area contributed by atoms with Crippen LogP contribution in [0.25, 0.3) is 0 Å². The molecule has 1 aromatic rings. The molecule has 3 heteroatoms. The number of nitriles is 1. The summed E-state index contributed by atoms with van der Waals surface area (Å²) in [5, 5.41) is 9.04. The molecular weight excluding hydrogens is 260 g/mol. The van der Waals surface area contributed by atoms with Crippen molar-refractivity contribution in [1.29, 1.82) is 5.26 Å². The molecule has 0 aromatic heterocycles. The third-order valence-corrected chi connectivity index (χ3v) is 4.31. The molecule has 1 aliphatic heterocycles. The molecule has 1 unspecified atom stereocenters. The van der Waals surface area contributed by atoms with Crippen LogP contribution in [-0.2, 0) is 0 Å². The van der Waals surface area contributed by atoms with Gasteiger partial charge in [0.1, 0.15) is 18.4 Å². The summed E-state index contributed by atoms with van der Waals surface area (Å²) in [5.41, 5.74) is 0.622. The zero-order valence-electron chi connectivity index (χ0n) is 13.1. The van der Waals surface area contributed by atoms with Gasteiger partial charge in [0.05, 0.1) is 5.56 Å². The zero-order valence-corrected chi connectivity index (χ0v) is 13.1. The van der Waals surface area contributed by atoms with Crippen LogP contribution in [0, 0.1) is 17.2 Å². The normalized spacial score (nSPS) is 19.7. The number of hydrogen-bond acceptors (Lipinski definition) is 3. The van der Waals surface area contributed by atoms with Gasteiger partial charge < -0.3 is 4.74 Å². The van der Waals surface area contributed by atoms with Crippen LogP contribution in [0.2, 0.25) is 0 Å². The molecule has 1 heterocycles. The molecule has 1 fully saturated rings. The molecule has 1 atom stereocenters. The molecule has 1 saturated heterocycles. The van der Waals surface area contributed by atoms with E-state index in [1.165, 1.54) is 45.2 Å². The maximum absolute atomic E-state index is 9.04. The summed E-state index contributed by atoms with van der Waals surface area (Å²) >= 11 is 0. The maximum atomic E-state index is 9.04. The second-order valence-electron chi connectivity index (χ2n) is 5.88. The Hall–Kier alpha value is -1.53. The Morgan fingerprint density at radius 2 is 2.14 bits per heavy atom. The minimum atomic E-state index is 0.622. The SMILES string of the molecule is CCCC1CCCN(CCOc2ccccc2C#N)CC1. The van der Waals surface area contributed by atoms with Gasteiger partial charge in [0.25, 0.3) is 0 Å². The van der Waals surface area contributed by atoms with Crippen molar-refractivity contribution >= 4 is 0 Å². The molecular formula is C18H26N2O. The van der Waals surface area contributed by atoms with Crippen molar-refractivity contribution in [2.45, 2.75) is 39.0 Å². The van der Waals surface area contributed by atoms with Gasteiger partial charge >= 0.3 is 0 Å². The third kappa shape index (κ3) is 5.06. The largest absolute Gasteiger partial charge is 0.491 e. The molecule has 2 rings (SSSR count). The van der Waals surface area contributed by atoms with E-state index in [-0.39, 0.29) is 0 Å². The predicted molar refractivity (Wildman–Crippen MR) is 85.3 cm³/mol. The van der Waals surface area contributed by atoms with E-state index in [0.717, 1.165) is 12.5 Å². The van der Waals surface area contributed by atoms with Gasteiger partial charge in [0, 0.05) is 6.54 Å². The first-order chi connectivity index (χ1) is 10.3. The van der Waals surface area contributed by atoms with Gasteiger partial charge in [-0.05, 0) is 50.4 Å². The fraction of sp³-hybridized carbons (Fsp3) is 0.611. The minimum Gasteiger partial charge on any atom is -0.491 e.